The van der Waals surface area contributed by atoms with E-state index in [1.165, 1.54) is 11.8 Å². The molecule has 0 aliphatic rings. The monoisotopic (exact) mass is 543 g/mol. The molecular formula is C29H33N7O2S. The Balaban J connectivity index is 1.21. The van der Waals surface area contributed by atoms with E-state index < -0.39 is 9.84 Å². The largest absolute Gasteiger partial charge is 0.385 e. The molecule has 0 saturated heterocycles. The molecule has 0 fully saturated rings. The zero-order valence-electron chi connectivity index (χ0n) is 22.0. The highest BCUT2D eigenvalue weighted by molar-refractivity contribution is 7.90. The lowest BCUT2D eigenvalue weighted by molar-refractivity contribution is 0.593. The van der Waals surface area contributed by atoms with E-state index >= 15 is 0 Å². The third kappa shape index (κ3) is 7.30. The first-order valence-electron chi connectivity index (χ1n) is 13.1. The summed E-state index contributed by atoms with van der Waals surface area (Å²) in [6.45, 7) is 2.84. The van der Waals surface area contributed by atoms with Crippen LogP contribution in [-0.2, 0) is 16.4 Å². The number of hydrogen-bond acceptors (Lipinski definition) is 8. The standard InChI is InChI=1S/C29H33N7O2S/c1-39(37,38)16-15-30-13-5-6-14-31-24-9-11-27-26(18-24)29(33-21-32-27)35-25-10-12-28-23(17-25)19-34-36(28)20-22-7-3-2-4-8-22/h2-4,7-12,17-19,21,30-31H,5-6,13-16,20H2,1H3,(H,32,33,35). The summed E-state index contributed by atoms with van der Waals surface area (Å²) < 4.78 is 24.4. The molecule has 0 aliphatic carbocycles. The Kier molecular flexibility index (Phi) is 8.33. The molecule has 0 aliphatic heterocycles. The van der Waals surface area contributed by atoms with Crippen LogP contribution in [0.5, 0.6) is 0 Å². The third-order valence-corrected chi connectivity index (χ3v) is 7.42. The van der Waals surface area contributed by atoms with Crippen LogP contribution in [-0.4, -0.2) is 59.8 Å². The molecule has 202 valence electrons. The first-order valence-corrected chi connectivity index (χ1v) is 15.1. The minimum atomic E-state index is -2.91. The number of aromatic nitrogens is 4. The summed E-state index contributed by atoms with van der Waals surface area (Å²) in [4.78, 5) is 8.95. The molecule has 0 saturated carbocycles. The van der Waals surface area contributed by atoms with Crippen LogP contribution in [0.1, 0.15) is 18.4 Å². The Labute approximate surface area is 228 Å². The van der Waals surface area contributed by atoms with Gasteiger partial charge >= 0.3 is 0 Å². The fourth-order valence-electron chi connectivity index (χ4n) is 4.44. The van der Waals surface area contributed by atoms with Crippen molar-refractivity contribution < 1.29 is 8.42 Å². The SMILES string of the molecule is CS(=O)(=O)CCNCCCCNc1ccc2ncnc(Nc3ccc4c(cnn4Cc4ccccc4)c3)c2c1. The van der Waals surface area contributed by atoms with E-state index in [0.717, 1.165) is 71.5 Å². The van der Waals surface area contributed by atoms with Crippen LogP contribution in [0.25, 0.3) is 21.8 Å². The molecule has 2 aromatic heterocycles. The van der Waals surface area contributed by atoms with Gasteiger partial charge in [0.15, 0.2) is 0 Å². The Morgan fingerprint density at radius 1 is 0.872 bits per heavy atom. The van der Waals surface area contributed by atoms with E-state index in [2.05, 4.69) is 61.3 Å². The molecule has 5 rings (SSSR count). The second kappa shape index (κ2) is 12.2. The first-order chi connectivity index (χ1) is 18.9. The van der Waals surface area contributed by atoms with Gasteiger partial charge in [0.2, 0.25) is 0 Å². The number of hydrogen-bond donors (Lipinski definition) is 3. The van der Waals surface area contributed by atoms with Gasteiger partial charge in [-0.15, -0.1) is 0 Å². The van der Waals surface area contributed by atoms with Gasteiger partial charge < -0.3 is 16.0 Å². The number of unbranched alkanes of at least 4 members (excludes halogenated alkanes) is 1. The molecule has 39 heavy (non-hydrogen) atoms. The van der Waals surface area contributed by atoms with Crippen LogP contribution in [0.15, 0.2) is 79.3 Å². The average molecular weight is 544 g/mol. The first kappa shape index (κ1) is 26.6. The van der Waals surface area contributed by atoms with Crippen molar-refractivity contribution in [3.8, 4) is 0 Å². The Morgan fingerprint density at radius 2 is 1.69 bits per heavy atom. The number of rotatable bonds is 13. The van der Waals surface area contributed by atoms with Crippen LogP contribution < -0.4 is 16.0 Å². The third-order valence-electron chi connectivity index (χ3n) is 6.47. The highest BCUT2D eigenvalue weighted by atomic mass is 32.2. The molecular weight excluding hydrogens is 510 g/mol. The minimum Gasteiger partial charge on any atom is -0.385 e. The highest BCUT2D eigenvalue weighted by Crippen LogP contribution is 2.27. The summed E-state index contributed by atoms with van der Waals surface area (Å²) in [5.74, 6) is 0.918. The van der Waals surface area contributed by atoms with Crippen LogP contribution >= 0.6 is 0 Å². The van der Waals surface area contributed by atoms with E-state index in [0.29, 0.717) is 6.54 Å². The van der Waals surface area contributed by atoms with Crippen molar-refractivity contribution in [2.24, 2.45) is 0 Å². The lowest BCUT2D eigenvalue weighted by Gasteiger charge is -2.11. The lowest BCUT2D eigenvalue weighted by atomic mass is 10.2. The fraction of sp³-hybridized carbons (Fsp3) is 0.276. The maximum Gasteiger partial charge on any atom is 0.148 e. The molecule has 3 aromatic carbocycles. The molecule has 0 unspecified atom stereocenters. The highest BCUT2D eigenvalue weighted by Gasteiger charge is 2.09. The minimum absolute atomic E-state index is 0.173. The van der Waals surface area contributed by atoms with Crippen molar-refractivity contribution in [3.63, 3.8) is 0 Å². The van der Waals surface area contributed by atoms with Crippen LogP contribution in [0.2, 0.25) is 0 Å². The van der Waals surface area contributed by atoms with Crippen LogP contribution in [0.3, 0.4) is 0 Å². The van der Waals surface area contributed by atoms with Crippen molar-refractivity contribution in [1.82, 2.24) is 25.1 Å². The number of nitrogens with one attached hydrogen (secondary N) is 3. The number of nitrogens with zero attached hydrogens (tertiary/aromatic N) is 4. The van der Waals surface area contributed by atoms with E-state index in [1.807, 2.05) is 47.3 Å². The number of fused-ring (bicyclic) bond motifs is 2. The quantitative estimate of drug-likeness (QED) is 0.185. The molecule has 2 heterocycles. The van der Waals surface area contributed by atoms with Crippen molar-refractivity contribution in [3.05, 3.63) is 84.8 Å². The molecule has 0 atom stereocenters. The maximum absolute atomic E-state index is 11.2. The van der Waals surface area contributed by atoms with Gasteiger partial charge in [-0.25, -0.2) is 18.4 Å². The maximum atomic E-state index is 11.2. The smallest absolute Gasteiger partial charge is 0.148 e. The van der Waals surface area contributed by atoms with Gasteiger partial charge in [0.05, 0.1) is 29.5 Å². The second-order valence-electron chi connectivity index (χ2n) is 9.65. The number of anilines is 3. The summed E-state index contributed by atoms with van der Waals surface area (Å²) in [6, 6.07) is 22.6. The van der Waals surface area contributed by atoms with Gasteiger partial charge in [-0.3, -0.25) is 4.68 Å². The van der Waals surface area contributed by atoms with Crippen molar-refractivity contribution in [2.45, 2.75) is 19.4 Å². The normalized spacial score (nSPS) is 11.7. The topological polar surface area (TPSA) is 114 Å². The molecule has 3 N–H and O–H groups in total. The summed E-state index contributed by atoms with van der Waals surface area (Å²) >= 11 is 0. The Morgan fingerprint density at radius 3 is 2.54 bits per heavy atom. The van der Waals surface area contributed by atoms with Crippen LogP contribution in [0, 0.1) is 0 Å². The molecule has 0 bridgehead atoms. The predicted octanol–water partition coefficient (Wildman–Crippen LogP) is 4.60. The van der Waals surface area contributed by atoms with E-state index in [-0.39, 0.29) is 5.75 Å². The second-order valence-corrected chi connectivity index (χ2v) is 11.9. The average Bonchev–Trinajstić information content (AvgIpc) is 3.32. The number of benzene rings is 3. The molecule has 10 heteroatoms. The van der Waals surface area contributed by atoms with Gasteiger partial charge in [0, 0.05) is 41.5 Å². The Bertz CT molecular complexity index is 1650. The number of sulfone groups is 1. The summed E-state index contributed by atoms with van der Waals surface area (Å²) in [5.41, 5.74) is 5.09. The molecule has 0 amide bonds. The van der Waals surface area contributed by atoms with E-state index in [9.17, 15) is 8.42 Å². The van der Waals surface area contributed by atoms with Crippen molar-refractivity contribution >= 4 is 48.8 Å². The fourth-order valence-corrected chi connectivity index (χ4v) is 4.96. The molecule has 0 spiro atoms. The van der Waals surface area contributed by atoms with Crippen molar-refractivity contribution in [1.29, 1.82) is 0 Å². The lowest BCUT2D eigenvalue weighted by Crippen LogP contribution is -2.23. The van der Waals surface area contributed by atoms with Gasteiger partial charge in [0.1, 0.15) is 22.0 Å². The van der Waals surface area contributed by atoms with Gasteiger partial charge in [0.25, 0.3) is 0 Å². The molecule has 0 radical (unpaired) electrons. The zero-order valence-corrected chi connectivity index (χ0v) is 22.8. The zero-order chi connectivity index (χ0) is 27.1. The van der Waals surface area contributed by atoms with Crippen molar-refractivity contribution in [2.75, 3.05) is 42.3 Å². The van der Waals surface area contributed by atoms with E-state index in [1.54, 1.807) is 6.33 Å². The summed E-state index contributed by atoms with van der Waals surface area (Å²) in [7, 11) is -2.91. The summed E-state index contributed by atoms with van der Waals surface area (Å²) in [6.07, 6.45) is 6.66. The van der Waals surface area contributed by atoms with E-state index in [4.69, 9.17) is 0 Å². The molecule has 5 aromatic rings. The predicted molar refractivity (Wildman–Crippen MR) is 158 cm³/mol. The molecule has 9 nitrogen and oxygen atoms in total. The Hall–Kier alpha value is -4.02. The van der Waals surface area contributed by atoms with Gasteiger partial charge in [-0.1, -0.05) is 30.3 Å². The summed E-state index contributed by atoms with van der Waals surface area (Å²) in [5, 5.41) is 16.7. The van der Waals surface area contributed by atoms with Gasteiger partial charge in [-0.05, 0) is 61.3 Å². The van der Waals surface area contributed by atoms with Crippen LogP contribution in [0.4, 0.5) is 17.2 Å². The van der Waals surface area contributed by atoms with Gasteiger partial charge in [-0.2, -0.15) is 5.10 Å².